The molecule has 2 aromatic heterocycles. The molecular weight excluding hydrogens is 294 g/mol. The molecule has 0 aliphatic heterocycles. The Morgan fingerprint density at radius 2 is 2.00 bits per heavy atom. The SMILES string of the molecule is CN(CCc1ccncc1)S(=O)(=O)c1ccsc1CN. The van der Waals surface area contributed by atoms with Gasteiger partial charge in [-0.1, -0.05) is 0 Å². The van der Waals surface area contributed by atoms with Crippen molar-refractivity contribution in [1.29, 1.82) is 0 Å². The second-order valence-corrected chi connectivity index (χ2v) is 7.36. The van der Waals surface area contributed by atoms with Crippen LogP contribution in [0.2, 0.25) is 0 Å². The maximum Gasteiger partial charge on any atom is 0.243 e. The number of hydrogen-bond donors (Lipinski definition) is 1. The van der Waals surface area contributed by atoms with E-state index < -0.39 is 10.0 Å². The van der Waals surface area contributed by atoms with Crippen LogP contribution in [0.15, 0.2) is 40.9 Å². The molecule has 0 aliphatic carbocycles. The van der Waals surface area contributed by atoms with E-state index in [-0.39, 0.29) is 6.54 Å². The molecule has 2 rings (SSSR count). The zero-order valence-electron chi connectivity index (χ0n) is 11.2. The van der Waals surface area contributed by atoms with Crippen LogP contribution in [0.3, 0.4) is 0 Å². The predicted octanol–water partition coefficient (Wildman–Crippen LogP) is 1.46. The van der Waals surface area contributed by atoms with Crippen molar-refractivity contribution in [3.05, 3.63) is 46.4 Å². The molecule has 0 atom stereocenters. The normalized spacial score (nSPS) is 11.9. The number of sulfonamides is 1. The van der Waals surface area contributed by atoms with Crippen LogP contribution in [0, 0.1) is 0 Å². The molecule has 2 aromatic rings. The van der Waals surface area contributed by atoms with Gasteiger partial charge in [0.15, 0.2) is 0 Å². The summed E-state index contributed by atoms with van der Waals surface area (Å²) in [6.07, 6.45) is 4.06. The minimum atomic E-state index is -3.46. The first-order valence-corrected chi connectivity index (χ1v) is 8.49. The number of likely N-dealkylation sites (N-methyl/N-ethyl adjacent to an activating group) is 1. The van der Waals surface area contributed by atoms with Crippen LogP contribution in [0.1, 0.15) is 10.4 Å². The number of nitrogens with zero attached hydrogens (tertiary/aromatic N) is 2. The Balaban J connectivity index is 2.10. The minimum absolute atomic E-state index is 0.241. The van der Waals surface area contributed by atoms with Crippen molar-refractivity contribution in [2.24, 2.45) is 5.73 Å². The molecule has 0 aromatic carbocycles. The van der Waals surface area contributed by atoms with Gasteiger partial charge in [-0.3, -0.25) is 4.98 Å². The van der Waals surface area contributed by atoms with E-state index in [1.165, 1.54) is 15.6 Å². The summed E-state index contributed by atoms with van der Waals surface area (Å²) < 4.78 is 26.3. The van der Waals surface area contributed by atoms with Crippen LogP contribution in [0.25, 0.3) is 0 Å². The Morgan fingerprint density at radius 3 is 2.65 bits per heavy atom. The van der Waals surface area contributed by atoms with Crippen molar-refractivity contribution >= 4 is 21.4 Å². The van der Waals surface area contributed by atoms with E-state index >= 15 is 0 Å². The third kappa shape index (κ3) is 3.24. The molecule has 0 saturated carbocycles. The number of thiophene rings is 1. The van der Waals surface area contributed by atoms with Gasteiger partial charge in [0.05, 0.1) is 4.90 Å². The highest BCUT2D eigenvalue weighted by Gasteiger charge is 2.24. The lowest BCUT2D eigenvalue weighted by Crippen LogP contribution is -2.29. The maximum atomic E-state index is 12.5. The van der Waals surface area contributed by atoms with Gasteiger partial charge in [-0.2, -0.15) is 0 Å². The van der Waals surface area contributed by atoms with E-state index in [1.807, 2.05) is 12.1 Å². The fourth-order valence-corrected chi connectivity index (χ4v) is 4.31. The first-order chi connectivity index (χ1) is 9.55. The third-order valence-electron chi connectivity index (χ3n) is 3.04. The molecule has 0 radical (unpaired) electrons. The molecule has 0 unspecified atom stereocenters. The molecule has 0 spiro atoms. The summed E-state index contributed by atoms with van der Waals surface area (Å²) in [7, 11) is -1.87. The van der Waals surface area contributed by atoms with Crippen molar-refractivity contribution in [3.8, 4) is 0 Å². The molecular formula is C13H17N3O2S2. The van der Waals surface area contributed by atoms with Crippen LogP contribution in [-0.2, 0) is 23.0 Å². The Morgan fingerprint density at radius 1 is 1.30 bits per heavy atom. The van der Waals surface area contributed by atoms with E-state index in [1.54, 1.807) is 30.9 Å². The highest BCUT2D eigenvalue weighted by atomic mass is 32.2. The number of rotatable bonds is 6. The van der Waals surface area contributed by atoms with Gasteiger partial charge in [0.1, 0.15) is 0 Å². The highest BCUT2D eigenvalue weighted by molar-refractivity contribution is 7.89. The molecule has 0 fully saturated rings. The third-order valence-corrected chi connectivity index (χ3v) is 6.06. The average molecular weight is 311 g/mol. The van der Waals surface area contributed by atoms with Crippen molar-refractivity contribution in [1.82, 2.24) is 9.29 Å². The van der Waals surface area contributed by atoms with Gasteiger partial charge in [-0.05, 0) is 35.6 Å². The second kappa shape index (κ2) is 6.45. The summed E-state index contributed by atoms with van der Waals surface area (Å²) in [5, 5.41) is 1.76. The lowest BCUT2D eigenvalue weighted by molar-refractivity contribution is 0.472. The fourth-order valence-electron chi connectivity index (χ4n) is 1.83. The zero-order valence-corrected chi connectivity index (χ0v) is 12.8. The van der Waals surface area contributed by atoms with E-state index in [9.17, 15) is 8.42 Å². The molecule has 5 nitrogen and oxygen atoms in total. The Kier molecular flexibility index (Phi) is 4.87. The van der Waals surface area contributed by atoms with Crippen LogP contribution >= 0.6 is 11.3 Å². The first-order valence-electron chi connectivity index (χ1n) is 6.17. The second-order valence-electron chi connectivity index (χ2n) is 4.34. The molecule has 2 N–H and O–H groups in total. The quantitative estimate of drug-likeness (QED) is 0.876. The summed E-state index contributed by atoms with van der Waals surface area (Å²) in [4.78, 5) is 4.96. The van der Waals surface area contributed by atoms with Gasteiger partial charge >= 0.3 is 0 Å². The van der Waals surface area contributed by atoms with Gasteiger partial charge in [0.2, 0.25) is 10.0 Å². The van der Waals surface area contributed by atoms with Crippen molar-refractivity contribution < 1.29 is 8.42 Å². The molecule has 0 amide bonds. The van der Waals surface area contributed by atoms with Gasteiger partial charge < -0.3 is 5.73 Å². The van der Waals surface area contributed by atoms with Crippen LogP contribution in [0.4, 0.5) is 0 Å². The monoisotopic (exact) mass is 311 g/mol. The van der Waals surface area contributed by atoms with Gasteiger partial charge in [-0.15, -0.1) is 11.3 Å². The number of nitrogens with two attached hydrogens (primary N) is 1. The summed E-state index contributed by atoms with van der Waals surface area (Å²) >= 11 is 1.37. The standard InChI is InChI=1S/C13H17N3O2S2/c1-16(8-4-11-2-6-15-7-3-11)20(17,18)13-5-9-19-12(13)10-14/h2-3,5-7,9H,4,8,10,14H2,1H3. The predicted molar refractivity (Wildman–Crippen MR) is 80.0 cm³/mol. The fraction of sp³-hybridized carbons (Fsp3) is 0.308. The molecule has 0 aliphatic rings. The molecule has 7 heteroatoms. The van der Waals surface area contributed by atoms with Crippen molar-refractivity contribution in [3.63, 3.8) is 0 Å². The summed E-state index contributed by atoms with van der Waals surface area (Å²) in [5.74, 6) is 0. The molecule has 20 heavy (non-hydrogen) atoms. The average Bonchev–Trinajstić information content (AvgIpc) is 2.95. The molecule has 0 bridgehead atoms. The maximum absolute atomic E-state index is 12.5. The van der Waals surface area contributed by atoms with Gasteiger partial charge in [0, 0.05) is 37.4 Å². The van der Waals surface area contributed by atoms with Crippen molar-refractivity contribution in [2.45, 2.75) is 17.9 Å². The molecule has 0 saturated heterocycles. The van der Waals surface area contributed by atoms with E-state index in [4.69, 9.17) is 5.73 Å². The summed E-state index contributed by atoms with van der Waals surface area (Å²) in [5.41, 5.74) is 6.64. The largest absolute Gasteiger partial charge is 0.326 e. The van der Waals surface area contributed by atoms with Gasteiger partial charge in [0.25, 0.3) is 0 Å². The zero-order chi connectivity index (χ0) is 14.6. The van der Waals surface area contributed by atoms with Crippen LogP contribution in [0.5, 0.6) is 0 Å². The Labute approximate surface area is 123 Å². The number of hydrogen-bond acceptors (Lipinski definition) is 5. The van der Waals surface area contributed by atoms with E-state index in [2.05, 4.69) is 4.98 Å². The van der Waals surface area contributed by atoms with E-state index in [0.717, 1.165) is 5.56 Å². The Hall–Kier alpha value is -1.28. The highest BCUT2D eigenvalue weighted by Crippen LogP contribution is 2.24. The summed E-state index contributed by atoms with van der Waals surface area (Å²) in [6.45, 7) is 0.663. The molecule has 108 valence electrons. The van der Waals surface area contributed by atoms with E-state index in [0.29, 0.717) is 22.7 Å². The van der Waals surface area contributed by atoms with Crippen LogP contribution in [-0.4, -0.2) is 31.3 Å². The van der Waals surface area contributed by atoms with Gasteiger partial charge in [-0.25, -0.2) is 12.7 Å². The lowest BCUT2D eigenvalue weighted by Gasteiger charge is -2.17. The number of pyridine rings is 1. The Bertz CT molecular complexity index is 653. The summed E-state index contributed by atoms with van der Waals surface area (Å²) in [6, 6.07) is 5.39. The smallest absolute Gasteiger partial charge is 0.243 e. The minimum Gasteiger partial charge on any atom is -0.326 e. The number of aromatic nitrogens is 1. The first kappa shape index (κ1) is 15.1. The molecule has 2 heterocycles. The van der Waals surface area contributed by atoms with Crippen molar-refractivity contribution in [2.75, 3.05) is 13.6 Å². The topological polar surface area (TPSA) is 76.3 Å². The van der Waals surface area contributed by atoms with Crippen LogP contribution < -0.4 is 5.73 Å². The lowest BCUT2D eigenvalue weighted by atomic mass is 10.2.